The van der Waals surface area contributed by atoms with Crippen molar-refractivity contribution in [2.75, 3.05) is 52.6 Å². The highest BCUT2D eigenvalue weighted by atomic mass is 32.2. The Labute approximate surface area is 161 Å². The number of amides is 2. The summed E-state index contributed by atoms with van der Waals surface area (Å²) in [6.07, 6.45) is 2.83. The lowest BCUT2D eigenvalue weighted by molar-refractivity contribution is -0.130. The number of nitrogens with one attached hydrogen (secondary N) is 1. The van der Waals surface area contributed by atoms with E-state index in [0.717, 1.165) is 19.3 Å². The summed E-state index contributed by atoms with van der Waals surface area (Å²) >= 11 is 0. The van der Waals surface area contributed by atoms with E-state index in [1.165, 1.54) is 21.3 Å². The molecule has 2 amide bonds. The number of anilines is 1. The molecule has 1 aliphatic rings. The van der Waals surface area contributed by atoms with Gasteiger partial charge >= 0.3 is 0 Å². The van der Waals surface area contributed by atoms with Gasteiger partial charge < -0.3 is 10.2 Å². The van der Waals surface area contributed by atoms with Crippen molar-refractivity contribution in [1.82, 2.24) is 14.1 Å². The fourth-order valence-corrected chi connectivity index (χ4v) is 4.36. The SMILES string of the molecule is CN(CC(=O)Nc1ccc(S(=O)(=O)N2CCCCC2)cc1)CC(=O)N(C)C. The predicted octanol–water partition coefficient (Wildman–Crippen LogP) is 0.820. The van der Waals surface area contributed by atoms with Gasteiger partial charge in [0, 0.05) is 32.9 Å². The smallest absolute Gasteiger partial charge is 0.243 e. The standard InChI is InChI=1S/C18H28N4O4S/c1-20(2)18(24)14-21(3)13-17(23)19-15-7-9-16(10-8-15)27(25,26)22-11-5-4-6-12-22/h7-10H,4-6,11-14H2,1-3H3,(H,19,23). The molecule has 0 aliphatic carbocycles. The molecule has 8 nitrogen and oxygen atoms in total. The van der Waals surface area contributed by atoms with Gasteiger partial charge in [0.2, 0.25) is 21.8 Å². The lowest BCUT2D eigenvalue weighted by atomic mass is 10.2. The van der Waals surface area contributed by atoms with Crippen LogP contribution in [0.5, 0.6) is 0 Å². The Kier molecular flexibility index (Phi) is 7.34. The quantitative estimate of drug-likeness (QED) is 0.737. The molecule has 1 heterocycles. The number of piperidine rings is 1. The van der Waals surface area contributed by atoms with E-state index < -0.39 is 10.0 Å². The Morgan fingerprint density at radius 2 is 1.59 bits per heavy atom. The summed E-state index contributed by atoms with van der Waals surface area (Å²) in [5.74, 6) is -0.353. The van der Waals surface area contributed by atoms with Gasteiger partial charge in [0.25, 0.3) is 0 Å². The maximum atomic E-state index is 12.6. The molecule has 27 heavy (non-hydrogen) atoms. The zero-order valence-electron chi connectivity index (χ0n) is 16.1. The van der Waals surface area contributed by atoms with Crippen LogP contribution in [0.15, 0.2) is 29.2 Å². The summed E-state index contributed by atoms with van der Waals surface area (Å²) in [5, 5.41) is 2.72. The average molecular weight is 397 g/mol. The van der Waals surface area contributed by atoms with E-state index in [4.69, 9.17) is 0 Å². The van der Waals surface area contributed by atoms with Crippen molar-refractivity contribution in [2.24, 2.45) is 0 Å². The fourth-order valence-electron chi connectivity index (χ4n) is 2.84. The molecule has 0 bridgehead atoms. The summed E-state index contributed by atoms with van der Waals surface area (Å²) in [5.41, 5.74) is 0.518. The number of carbonyl (C=O) groups excluding carboxylic acids is 2. The number of hydrogen-bond acceptors (Lipinski definition) is 5. The molecule has 1 fully saturated rings. The van der Waals surface area contributed by atoms with Crippen LogP contribution in [0.1, 0.15) is 19.3 Å². The highest BCUT2D eigenvalue weighted by Gasteiger charge is 2.25. The first-order valence-electron chi connectivity index (χ1n) is 8.99. The first kappa shape index (κ1) is 21.3. The number of rotatable bonds is 7. The van der Waals surface area contributed by atoms with E-state index in [2.05, 4.69) is 5.32 Å². The molecule has 1 saturated heterocycles. The van der Waals surface area contributed by atoms with Gasteiger partial charge in [-0.25, -0.2) is 8.42 Å². The second-order valence-electron chi connectivity index (χ2n) is 7.00. The fraction of sp³-hybridized carbons (Fsp3) is 0.556. The molecule has 1 aliphatic heterocycles. The highest BCUT2D eigenvalue weighted by molar-refractivity contribution is 7.89. The number of nitrogens with zero attached hydrogens (tertiary/aromatic N) is 3. The minimum absolute atomic E-state index is 0.0629. The maximum Gasteiger partial charge on any atom is 0.243 e. The number of sulfonamides is 1. The van der Waals surface area contributed by atoms with Crippen LogP contribution >= 0.6 is 0 Å². The molecule has 0 radical (unpaired) electrons. The molecule has 9 heteroatoms. The Balaban J connectivity index is 1.93. The van der Waals surface area contributed by atoms with Crippen molar-refractivity contribution >= 4 is 27.5 Å². The normalized spacial score (nSPS) is 15.6. The summed E-state index contributed by atoms with van der Waals surface area (Å²) in [4.78, 5) is 27.1. The molecule has 2 rings (SSSR count). The van der Waals surface area contributed by atoms with E-state index in [0.29, 0.717) is 18.8 Å². The minimum atomic E-state index is -3.48. The third-order valence-electron chi connectivity index (χ3n) is 4.41. The predicted molar refractivity (Wildman–Crippen MR) is 104 cm³/mol. The molecular weight excluding hydrogens is 368 g/mol. The van der Waals surface area contributed by atoms with Crippen LogP contribution < -0.4 is 5.32 Å². The van der Waals surface area contributed by atoms with E-state index in [9.17, 15) is 18.0 Å². The van der Waals surface area contributed by atoms with Crippen LogP contribution in [0.4, 0.5) is 5.69 Å². The van der Waals surface area contributed by atoms with Gasteiger partial charge in [0.1, 0.15) is 0 Å². The topological polar surface area (TPSA) is 90.0 Å². The molecule has 1 N–H and O–H groups in total. The van der Waals surface area contributed by atoms with Crippen molar-refractivity contribution in [3.63, 3.8) is 0 Å². The van der Waals surface area contributed by atoms with Gasteiger partial charge in [-0.3, -0.25) is 14.5 Å². The van der Waals surface area contributed by atoms with Crippen LogP contribution in [-0.2, 0) is 19.6 Å². The van der Waals surface area contributed by atoms with Crippen LogP contribution in [0.25, 0.3) is 0 Å². The van der Waals surface area contributed by atoms with Crippen molar-refractivity contribution in [3.8, 4) is 0 Å². The monoisotopic (exact) mass is 396 g/mol. The Bertz CT molecular complexity index is 756. The first-order chi connectivity index (χ1) is 12.7. The number of benzene rings is 1. The van der Waals surface area contributed by atoms with Gasteiger partial charge in [-0.1, -0.05) is 6.42 Å². The molecule has 1 aromatic carbocycles. The van der Waals surface area contributed by atoms with Crippen LogP contribution in [-0.4, -0.2) is 81.7 Å². The van der Waals surface area contributed by atoms with Crippen molar-refractivity contribution in [2.45, 2.75) is 24.2 Å². The molecule has 0 unspecified atom stereocenters. The average Bonchev–Trinajstić information content (AvgIpc) is 2.62. The van der Waals surface area contributed by atoms with Crippen LogP contribution in [0.2, 0.25) is 0 Å². The molecule has 1 aromatic rings. The largest absolute Gasteiger partial charge is 0.348 e. The summed E-state index contributed by atoms with van der Waals surface area (Å²) in [6, 6.07) is 6.19. The lowest BCUT2D eigenvalue weighted by Crippen LogP contribution is -2.38. The molecular formula is C18H28N4O4S. The first-order valence-corrected chi connectivity index (χ1v) is 10.4. The van der Waals surface area contributed by atoms with Gasteiger partial charge in [0.05, 0.1) is 18.0 Å². The van der Waals surface area contributed by atoms with E-state index in [-0.39, 0.29) is 29.8 Å². The number of carbonyl (C=O) groups is 2. The highest BCUT2D eigenvalue weighted by Crippen LogP contribution is 2.21. The molecule has 150 valence electrons. The maximum absolute atomic E-state index is 12.6. The number of likely N-dealkylation sites (N-methyl/N-ethyl adjacent to an activating group) is 2. The summed E-state index contributed by atoms with van der Waals surface area (Å²) in [7, 11) is 1.54. The molecule has 0 atom stereocenters. The van der Waals surface area contributed by atoms with Crippen LogP contribution in [0, 0.1) is 0 Å². The van der Waals surface area contributed by atoms with Crippen LogP contribution in [0.3, 0.4) is 0 Å². The van der Waals surface area contributed by atoms with Gasteiger partial charge in [0.15, 0.2) is 0 Å². The van der Waals surface area contributed by atoms with E-state index >= 15 is 0 Å². The molecule has 0 saturated carbocycles. The van der Waals surface area contributed by atoms with Gasteiger partial charge in [-0.2, -0.15) is 4.31 Å². The molecule has 0 aromatic heterocycles. The minimum Gasteiger partial charge on any atom is -0.348 e. The van der Waals surface area contributed by atoms with Gasteiger partial charge in [-0.15, -0.1) is 0 Å². The van der Waals surface area contributed by atoms with Crippen molar-refractivity contribution in [1.29, 1.82) is 0 Å². The van der Waals surface area contributed by atoms with E-state index in [1.807, 2.05) is 0 Å². The van der Waals surface area contributed by atoms with E-state index in [1.54, 1.807) is 38.2 Å². The Morgan fingerprint density at radius 1 is 1.00 bits per heavy atom. The zero-order chi connectivity index (χ0) is 20.0. The second kappa shape index (κ2) is 9.29. The summed E-state index contributed by atoms with van der Waals surface area (Å²) < 4.78 is 26.8. The third-order valence-corrected chi connectivity index (χ3v) is 6.32. The number of hydrogen-bond donors (Lipinski definition) is 1. The van der Waals surface area contributed by atoms with Crippen molar-refractivity contribution < 1.29 is 18.0 Å². The Hall–Kier alpha value is -1.97. The second-order valence-corrected chi connectivity index (χ2v) is 8.94. The Morgan fingerprint density at radius 3 is 2.15 bits per heavy atom. The lowest BCUT2D eigenvalue weighted by Gasteiger charge is -2.25. The zero-order valence-corrected chi connectivity index (χ0v) is 17.0. The van der Waals surface area contributed by atoms with Gasteiger partial charge in [-0.05, 0) is 44.2 Å². The summed E-state index contributed by atoms with van der Waals surface area (Å²) in [6.45, 7) is 1.32. The molecule has 0 spiro atoms. The third kappa shape index (κ3) is 6.02. The van der Waals surface area contributed by atoms with Crippen molar-refractivity contribution in [3.05, 3.63) is 24.3 Å².